The summed E-state index contributed by atoms with van der Waals surface area (Å²) in [5, 5.41) is 11.5. The lowest BCUT2D eigenvalue weighted by molar-refractivity contribution is -0.122. The monoisotopic (exact) mass is 432 g/mol. The number of likely N-dealkylation sites (tertiary alicyclic amines) is 1. The second-order valence-corrected chi connectivity index (χ2v) is 8.23. The van der Waals surface area contributed by atoms with Crippen molar-refractivity contribution in [1.82, 2.24) is 30.2 Å². The number of fused-ring (bicyclic) bond motifs is 1. The number of benzene rings is 1. The molecule has 0 aliphatic carbocycles. The minimum atomic E-state index is -0.485. The molecule has 2 aromatic heterocycles. The van der Waals surface area contributed by atoms with Gasteiger partial charge in [-0.2, -0.15) is 0 Å². The van der Waals surface area contributed by atoms with E-state index in [1.54, 1.807) is 36.7 Å². The van der Waals surface area contributed by atoms with Crippen molar-refractivity contribution in [3.63, 3.8) is 0 Å². The highest BCUT2D eigenvalue weighted by atomic mass is 16.5. The van der Waals surface area contributed by atoms with Crippen LogP contribution in [-0.2, 0) is 24.4 Å². The SMILES string of the molecule is O=C(NCc1nnn2c1COC1(CCCN(C(=O)c3cccnc3)C1)C2)c1ccccc1. The minimum absolute atomic E-state index is 0.0329. The number of carbonyl (C=O) groups excluding carboxylic acids is 2. The number of nitrogens with zero attached hydrogens (tertiary/aromatic N) is 5. The molecular formula is C23H24N6O3. The lowest BCUT2D eigenvalue weighted by Gasteiger charge is -2.44. The van der Waals surface area contributed by atoms with Crippen LogP contribution in [-0.4, -0.2) is 55.4 Å². The van der Waals surface area contributed by atoms with E-state index < -0.39 is 5.60 Å². The summed E-state index contributed by atoms with van der Waals surface area (Å²) in [4.78, 5) is 31.1. The number of hydrogen-bond donors (Lipinski definition) is 1. The fraction of sp³-hybridized carbons (Fsp3) is 0.348. The lowest BCUT2D eigenvalue weighted by atomic mass is 9.91. The normalized spacial score (nSPS) is 20.1. The predicted molar refractivity (Wildman–Crippen MR) is 115 cm³/mol. The Hall–Kier alpha value is -3.59. The van der Waals surface area contributed by atoms with Gasteiger partial charge in [-0.05, 0) is 37.1 Å². The van der Waals surface area contributed by atoms with E-state index in [1.165, 1.54) is 0 Å². The molecule has 2 aliphatic heterocycles. The minimum Gasteiger partial charge on any atom is -0.365 e. The molecule has 9 nitrogen and oxygen atoms in total. The van der Waals surface area contributed by atoms with Crippen LogP contribution in [0.3, 0.4) is 0 Å². The summed E-state index contributed by atoms with van der Waals surface area (Å²) in [6.07, 6.45) is 4.96. The summed E-state index contributed by atoms with van der Waals surface area (Å²) in [6.45, 7) is 2.35. The first-order valence-electron chi connectivity index (χ1n) is 10.7. The summed E-state index contributed by atoms with van der Waals surface area (Å²) in [6, 6.07) is 12.6. The summed E-state index contributed by atoms with van der Waals surface area (Å²) < 4.78 is 8.17. The quantitative estimate of drug-likeness (QED) is 0.675. The second-order valence-electron chi connectivity index (χ2n) is 8.23. The molecule has 0 bridgehead atoms. The maximum absolute atomic E-state index is 12.9. The number of rotatable bonds is 4. The molecule has 3 aromatic rings. The maximum atomic E-state index is 12.9. The Morgan fingerprint density at radius 3 is 2.75 bits per heavy atom. The third-order valence-corrected chi connectivity index (χ3v) is 6.06. The average Bonchev–Trinajstić information content (AvgIpc) is 3.24. The van der Waals surface area contributed by atoms with Gasteiger partial charge in [0.15, 0.2) is 0 Å². The summed E-state index contributed by atoms with van der Waals surface area (Å²) in [5.41, 5.74) is 2.26. The average molecular weight is 432 g/mol. The molecule has 1 N–H and O–H groups in total. The Kier molecular flexibility index (Phi) is 5.40. The molecule has 5 rings (SSSR count). The number of carbonyl (C=O) groups is 2. The molecule has 1 unspecified atom stereocenters. The van der Waals surface area contributed by atoms with E-state index in [-0.39, 0.29) is 18.4 Å². The van der Waals surface area contributed by atoms with Gasteiger partial charge in [-0.15, -0.1) is 5.10 Å². The van der Waals surface area contributed by atoms with Crippen LogP contribution in [0.1, 0.15) is 44.9 Å². The van der Waals surface area contributed by atoms with Gasteiger partial charge < -0.3 is 15.0 Å². The molecule has 2 aliphatic rings. The van der Waals surface area contributed by atoms with Crippen molar-refractivity contribution < 1.29 is 14.3 Å². The van der Waals surface area contributed by atoms with E-state index in [1.807, 2.05) is 27.8 Å². The van der Waals surface area contributed by atoms with Gasteiger partial charge in [-0.1, -0.05) is 23.4 Å². The topological polar surface area (TPSA) is 102 Å². The van der Waals surface area contributed by atoms with Crippen LogP contribution in [0, 0.1) is 0 Å². The first-order chi connectivity index (χ1) is 15.6. The van der Waals surface area contributed by atoms with Crippen molar-refractivity contribution in [2.45, 2.75) is 38.1 Å². The van der Waals surface area contributed by atoms with Crippen LogP contribution in [0.2, 0.25) is 0 Å². The molecule has 1 fully saturated rings. The number of ether oxygens (including phenoxy) is 1. The third-order valence-electron chi connectivity index (χ3n) is 6.06. The summed E-state index contributed by atoms with van der Waals surface area (Å²) in [5.74, 6) is -0.188. The fourth-order valence-electron chi connectivity index (χ4n) is 4.38. The van der Waals surface area contributed by atoms with Gasteiger partial charge in [0.25, 0.3) is 11.8 Å². The molecule has 0 radical (unpaired) electrons. The van der Waals surface area contributed by atoms with Crippen molar-refractivity contribution in [3.8, 4) is 0 Å². The molecule has 4 heterocycles. The van der Waals surface area contributed by atoms with Crippen molar-refractivity contribution in [1.29, 1.82) is 0 Å². The lowest BCUT2D eigenvalue weighted by Crippen LogP contribution is -2.55. The molecule has 0 saturated carbocycles. The van der Waals surface area contributed by atoms with Crippen molar-refractivity contribution in [2.75, 3.05) is 13.1 Å². The third kappa shape index (κ3) is 3.99. The van der Waals surface area contributed by atoms with E-state index in [2.05, 4.69) is 20.6 Å². The molecule has 1 spiro atoms. The van der Waals surface area contributed by atoms with Gasteiger partial charge in [0.05, 0.1) is 37.5 Å². The number of amides is 2. The highest BCUT2D eigenvalue weighted by Gasteiger charge is 2.42. The van der Waals surface area contributed by atoms with Crippen LogP contribution in [0.15, 0.2) is 54.9 Å². The van der Waals surface area contributed by atoms with E-state index >= 15 is 0 Å². The first kappa shape index (κ1) is 20.3. The van der Waals surface area contributed by atoms with Crippen molar-refractivity contribution >= 4 is 11.8 Å². The highest BCUT2D eigenvalue weighted by Crippen LogP contribution is 2.33. The van der Waals surface area contributed by atoms with E-state index in [4.69, 9.17) is 4.74 Å². The fourth-order valence-corrected chi connectivity index (χ4v) is 4.38. The zero-order valence-electron chi connectivity index (χ0n) is 17.6. The van der Waals surface area contributed by atoms with Gasteiger partial charge in [0.2, 0.25) is 0 Å². The van der Waals surface area contributed by atoms with Crippen LogP contribution in [0.4, 0.5) is 0 Å². The van der Waals surface area contributed by atoms with Gasteiger partial charge in [-0.25, -0.2) is 4.68 Å². The van der Waals surface area contributed by atoms with Gasteiger partial charge in [-0.3, -0.25) is 14.6 Å². The van der Waals surface area contributed by atoms with E-state index in [0.717, 1.165) is 18.5 Å². The van der Waals surface area contributed by atoms with Crippen molar-refractivity contribution in [2.24, 2.45) is 0 Å². The molecule has 164 valence electrons. The second kappa shape index (κ2) is 8.51. The molecule has 2 amide bonds. The number of aromatic nitrogens is 4. The maximum Gasteiger partial charge on any atom is 0.255 e. The molecule has 1 aromatic carbocycles. The zero-order chi connectivity index (χ0) is 22.0. The number of piperidine rings is 1. The van der Waals surface area contributed by atoms with E-state index in [0.29, 0.717) is 43.1 Å². The predicted octanol–water partition coefficient (Wildman–Crippen LogP) is 1.81. The zero-order valence-corrected chi connectivity index (χ0v) is 17.6. The summed E-state index contributed by atoms with van der Waals surface area (Å²) >= 11 is 0. The molecular weight excluding hydrogens is 408 g/mol. The first-order valence-corrected chi connectivity index (χ1v) is 10.7. The van der Waals surface area contributed by atoms with E-state index in [9.17, 15) is 9.59 Å². The molecule has 1 atom stereocenters. The molecule has 1 saturated heterocycles. The smallest absolute Gasteiger partial charge is 0.255 e. The van der Waals surface area contributed by atoms with Crippen LogP contribution >= 0.6 is 0 Å². The number of nitrogens with one attached hydrogen (secondary N) is 1. The van der Waals surface area contributed by atoms with Crippen LogP contribution in [0.25, 0.3) is 0 Å². The molecule has 9 heteroatoms. The van der Waals surface area contributed by atoms with Crippen molar-refractivity contribution in [3.05, 3.63) is 77.4 Å². The Morgan fingerprint density at radius 2 is 1.94 bits per heavy atom. The summed E-state index contributed by atoms with van der Waals surface area (Å²) in [7, 11) is 0. The Balaban J connectivity index is 1.25. The molecule has 32 heavy (non-hydrogen) atoms. The van der Waals surface area contributed by atoms with Gasteiger partial charge in [0, 0.05) is 24.5 Å². The van der Waals surface area contributed by atoms with Gasteiger partial charge in [0.1, 0.15) is 11.3 Å². The number of hydrogen-bond acceptors (Lipinski definition) is 6. The van der Waals surface area contributed by atoms with Crippen LogP contribution in [0.5, 0.6) is 0 Å². The highest BCUT2D eigenvalue weighted by molar-refractivity contribution is 5.94. The largest absolute Gasteiger partial charge is 0.365 e. The number of pyridine rings is 1. The Bertz CT molecular complexity index is 1120. The van der Waals surface area contributed by atoms with Gasteiger partial charge >= 0.3 is 0 Å². The Labute approximate surface area is 185 Å². The standard InChI is InChI=1S/C23H24N6O3/c30-21(17-6-2-1-3-7-17)25-13-19-20-14-32-23(16-29(20)27-26-19)9-5-11-28(15-23)22(31)18-8-4-10-24-12-18/h1-4,6-8,10,12H,5,9,11,13-16H2,(H,25,30). The Morgan fingerprint density at radius 1 is 1.09 bits per heavy atom. The van der Waals surface area contributed by atoms with Crippen LogP contribution < -0.4 is 5.32 Å².